The molecule has 1 amide bonds. The van der Waals surface area contributed by atoms with Crippen molar-refractivity contribution in [3.63, 3.8) is 0 Å². The molecule has 11 heteroatoms. The lowest BCUT2D eigenvalue weighted by Crippen LogP contribution is -2.47. The lowest BCUT2D eigenvalue weighted by molar-refractivity contribution is -0.384. The number of carbonyl (C=O) groups excluding carboxylic acids is 1. The van der Waals surface area contributed by atoms with Crippen LogP contribution in [0.5, 0.6) is 5.75 Å². The number of rotatable bonds is 6. The number of nitro benzene ring substituents is 1. The van der Waals surface area contributed by atoms with Crippen molar-refractivity contribution in [2.24, 2.45) is 0 Å². The zero-order valence-corrected chi connectivity index (χ0v) is 17.4. The van der Waals surface area contributed by atoms with Crippen molar-refractivity contribution < 1.29 is 22.9 Å². The number of hydrogen-bond donors (Lipinski definition) is 1. The summed E-state index contributed by atoms with van der Waals surface area (Å²) in [6.45, 7) is 1.89. The Labute approximate surface area is 174 Å². The number of amides is 1. The molecule has 0 aromatic heterocycles. The Bertz CT molecular complexity index is 1060. The molecule has 2 aromatic rings. The van der Waals surface area contributed by atoms with Crippen LogP contribution < -0.4 is 10.1 Å². The van der Waals surface area contributed by atoms with Gasteiger partial charge < -0.3 is 15.0 Å². The van der Waals surface area contributed by atoms with Gasteiger partial charge in [0.15, 0.2) is 0 Å². The number of methoxy groups -OCH3 is 1. The van der Waals surface area contributed by atoms with Crippen LogP contribution >= 0.6 is 0 Å². The number of carbonyl (C=O) groups is 1. The number of nitrogens with one attached hydrogen (secondary N) is 1. The van der Waals surface area contributed by atoms with E-state index < -0.39 is 20.9 Å². The number of sulfonamides is 1. The van der Waals surface area contributed by atoms with E-state index in [4.69, 9.17) is 4.74 Å². The summed E-state index contributed by atoms with van der Waals surface area (Å²) in [5, 5.41) is 13.5. The minimum Gasteiger partial charge on any atom is -0.495 e. The number of hydrogen-bond acceptors (Lipinski definition) is 7. The zero-order valence-electron chi connectivity index (χ0n) is 16.6. The van der Waals surface area contributed by atoms with E-state index in [9.17, 15) is 23.3 Å². The van der Waals surface area contributed by atoms with Crippen molar-refractivity contribution in [2.45, 2.75) is 4.90 Å². The van der Waals surface area contributed by atoms with Gasteiger partial charge in [0.05, 0.1) is 12.0 Å². The largest absolute Gasteiger partial charge is 0.495 e. The molecule has 0 radical (unpaired) electrons. The summed E-state index contributed by atoms with van der Waals surface area (Å²) in [5.74, 6) is -0.450. The highest BCUT2D eigenvalue weighted by Gasteiger charge is 2.30. The van der Waals surface area contributed by atoms with Crippen molar-refractivity contribution in [3.05, 3.63) is 58.1 Å². The number of nitro groups is 1. The number of likely N-dealkylation sites (N-methyl/N-ethyl adjacent to an activating group) is 1. The van der Waals surface area contributed by atoms with Gasteiger partial charge in [-0.05, 0) is 31.3 Å². The second kappa shape index (κ2) is 8.78. The van der Waals surface area contributed by atoms with E-state index in [-0.39, 0.29) is 27.6 Å². The summed E-state index contributed by atoms with van der Waals surface area (Å²) in [6, 6.07) is 9.62. The van der Waals surface area contributed by atoms with Crippen LogP contribution in [0.1, 0.15) is 10.4 Å². The number of piperazine rings is 1. The minimum absolute atomic E-state index is 0.0926. The van der Waals surface area contributed by atoms with Crippen LogP contribution in [-0.4, -0.2) is 68.8 Å². The highest BCUT2D eigenvalue weighted by atomic mass is 32.2. The van der Waals surface area contributed by atoms with Gasteiger partial charge in [-0.2, -0.15) is 4.31 Å². The molecule has 1 aliphatic rings. The molecule has 0 unspecified atom stereocenters. The van der Waals surface area contributed by atoms with Gasteiger partial charge >= 0.3 is 0 Å². The molecule has 2 aromatic carbocycles. The molecular formula is C19H22N4O6S. The third kappa shape index (κ3) is 4.58. The molecule has 1 saturated heterocycles. The summed E-state index contributed by atoms with van der Waals surface area (Å²) >= 11 is 0. The fraction of sp³-hybridized carbons (Fsp3) is 0.316. The second-order valence-corrected chi connectivity index (χ2v) is 8.74. The van der Waals surface area contributed by atoms with E-state index in [1.54, 1.807) is 0 Å². The van der Waals surface area contributed by atoms with E-state index in [1.165, 1.54) is 53.9 Å². The van der Waals surface area contributed by atoms with E-state index >= 15 is 0 Å². The van der Waals surface area contributed by atoms with Crippen molar-refractivity contribution in [1.29, 1.82) is 0 Å². The molecule has 0 atom stereocenters. The van der Waals surface area contributed by atoms with Crippen LogP contribution in [0, 0.1) is 10.1 Å². The highest BCUT2D eigenvalue weighted by molar-refractivity contribution is 7.89. The van der Waals surface area contributed by atoms with Crippen LogP contribution in [0.15, 0.2) is 47.4 Å². The number of non-ortho nitro benzene ring substituents is 1. The Hall–Kier alpha value is -3.02. The predicted octanol–water partition coefficient (Wildman–Crippen LogP) is 1.79. The second-order valence-electron chi connectivity index (χ2n) is 6.83. The number of ether oxygens (including phenoxy) is 1. The Kier molecular flexibility index (Phi) is 6.34. The summed E-state index contributed by atoms with van der Waals surface area (Å²) in [7, 11) is -0.580. The maximum atomic E-state index is 13.1. The van der Waals surface area contributed by atoms with Gasteiger partial charge in [-0.15, -0.1) is 0 Å². The molecule has 30 heavy (non-hydrogen) atoms. The van der Waals surface area contributed by atoms with Gasteiger partial charge in [-0.3, -0.25) is 14.9 Å². The number of benzene rings is 2. The van der Waals surface area contributed by atoms with Crippen LogP contribution in [0.25, 0.3) is 0 Å². The Morgan fingerprint density at radius 3 is 2.47 bits per heavy atom. The normalized spacial score (nSPS) is 15.5. The van der Waals surface area contributed by atoms with Crippen LogP contribution in [0.4, 0.5) is 11.4 Å². The number of nitrogens with zero attached hydrogens (tertiary/aromatic N) is 3. The van der Waals surface area contributed by atoms with Gasteiger partial charge in [0.2, 0.25) is 10.0 Å². The standard InChI is InChI=1S/C19H22N4O6S/c1-21-8-10-22(11-9-21)30(27,28)18-12-14(6-7-17(18)29-2)19(24)20-15-4-3-5-16(13-15)23(25)26/h3-7,12-13H,8-11H2,1-2H3,(H,20,24). The molecule has 0 aliphatic carbocycles. The molecule has 1 heterocycles. The highest BCUT2D eigenvalue weighted by Crippen LogP contribution is 2.29. The summed E-state index contributed by atoms with van der Waals surface area (Å²) in [6.07, 6.45) is 0. The Balaban J connectivity index is 1.89. The van der Waals surface area contributed by atoms with Crippen molar-refractivity contribution in [3.8, 4) is 5.75 Å². The predicted molar refractivity (Wildman–Crippen MR) is 110 cm³/mol. The Morgan fingerprint density at radius 2 is 1.83 bits per heavy atom. The molecule has 10 nitrogen and oxygen atoms in total. The molecular weight excluding hydrogens is 412 g/mol. The minimum atomic E-state index is -3.86. The van der Waals surface area contributed by atoms with Crippen molar-refractivity contribution in [1.82, 2.24) is 9.21 Å². The van der Waals surface area contributed by atoms with E-state index in [1.807, 2.05) is 11.9 Å². The SMILES string of the molecule is COc1ccc(C(=O)Nc2cccc([N+](=O)[O-])c2)cc1S(=O)(=O)N1CCN(C)CC1. The van der Waals surface area contributed by atoms with E-state index in [2.05, 4.69) is 5.32 Å². The fourth-order valence-corrected chi connectivity index (χ4v) is 4.69. The first-order valence-electron chi connectivity index (χ1n) is 9.15. The van der Waals surface area contributed by atoms with Gasteiger partial charge in [0.1, 0.15) is 10.6 Å². The van der Waals surface area contributed by atoms with Crippen LogP contribution in [-0.2, 0) is 10.0 Å². The van der Waals surface area contributed by atoms with Crippen LogP contribution in [0.3, 0.4) is 0 Å². The molecule has 3 rings (SSSR count). The van der Waals surface area contributed by atoms with Gasteiger partial charge in [0.25, 0.3) is 11.6 Å². The smallest absolute Gasteiger partial charge is 0.271 e. The topological polar surface area (TPSA) is 122 Å². The molecule has 0 saturated carbocycles. The Morgan fingerprint density at radius 1 is 1.13 bits per heavy atom. The summed E-state index contributed by atoms with van der Waals surface area (Å²) in [4.78, 5) is 24.9. The maximum absolute atomic E-state index is 13.1. The lowest BCUT2D eigenvalue weighted by atomic mass is 10.2. The quantitative estimate of drug-likeness (QED) is 0.543. The third-order valence-electron chi connectivity index (χ3n) is 4.82. The van der Waals surface area contributed by atoms with Crippen molar-refractivity contribution >= 4 is 27.3 Å². The first kappa shape index (κ1) is 21.7. The molecule has 1 N–H and O–H groups in total. The van der Waals surface area contributed by atoms with Gasteiger partial charge in [-0.25, -0.2) is 8.42 Å². The molecule has 1 fully saturated rings. The summed E-state index contributed by atoms with van der Waals surface area (Å²) in [5.41, 5.74) is 0.157. The molecule has 1 aliphatic heterocycles. The monoisotopic (exact) mass is 434 g/mol. The summed E-state index contributed by atoms with van der Waals surface area (Å²) < 4.78 is 32.9. The van der Waals surface area contributed by atoms with E-state index in [0.29, 0.717) is 26.2 Å². The maximum Gasteiger partial charge on any atom is 0.271 e. The fourth-order valence-electron chi connectivity index (χ4n) is 3.09. The molecule has 160 valence electrons. The first-order valence-corrected chi connectivity index (χ1v) is 10.6. The van der Waals surface area contributed by atoms with Crippen LogP contribution in [0.2, 0.25) is 0 Å². The number of anilines is 1. The average Bonchev–Trinajstić information content (AvgIpc) is 2.73. The third-order valence-corrected chi connectivity index (χ3v) is 6.74. The molecule has 0 spiro atoms. The van der Waals surface area contributed by atoms with E-state index in [0.717, 1.165) is 0 Å². The average molecular weight is 434 g/mol. The first-order chi connectivity index (χ1) is 14.2. The molecule has 0 bridgehead atoms. The lowest BCUT2D eigenvalue weighted by Gasteiger charge is -2.31. The van der Waals surface area contributed by atoms with Crippen molar-refractivity contribution in [2.75, 3.05) is 45.7 Å². The van der Waals surface area contributed by atoms with Gasteiger partial charge in [0, 0.05) is 49.6 Å². The van der Waals surface area contributed by atoms with Gasteiger partial charge in [-0.1, -0.05) is 6.07 Å². The zero-order chi connectivity index (χ0) is 21.9.